The molecule has 0 amide bonds. The van der Waals surface area contributed by atoms with Gasteiger partial charge in [-0.15, -0.1) is 0 Å². The molecule has 1 aliphatic carbocycles. The molecule has 0 atom stereocenters. The van der Waals surface area contributed by atoms with E-state index < -0.39 is 7.82 Å². The first-order chi connectivity index (χ1) is 8.00. The van der Waals surface area contributed by atoms with E-state index in [1.165, 1.54) is 64.2 Å². The van der Waals surface area contributed by atoms with Crippen LogP contribution in [-0.4, -0.2) is 14.7 Å². The second-order valence-corrected chi connectivity index (χ2v) is 5.42. The first-order valence-corrected chi connectivity index (χ1v) is 8.00. The van der Waals surface area contributed by atoms with Gasteiger partial charge in [0.05, 0.1) is 0 Å². The highest BCUT2D eigenvalue weighted by Crippen LogP contribution is 2.25. The maximum atomic E-state index is 8.88. The summed E-state index contributed by atoms with van der Waals surface area (Å²) in [5.74, 6) is 0. The summed E-state index contributed by atoms with van der Waals surface area (Å²) in [5, 5.41) is 0. The lowest BCUT2D eigenvalue weighted by molar-refractivity contribution is 0.275. The molecule has 0 saturated heterocycles. The SMILES string of the molecule is C1=CCCCCCCCCCC1.O=P(O)(O)O. The third kappa shape index (κ3) is 21.7. The molecule has 0 aromatic carbocycles. The topological polar surface area (TPSA) is 77.8 Å². The van der Waals surface area contributed by atoms with Gasteiger partial charge >= 0.3 is 7.82 Å². The van der Waals surface area contributed by atoms with E-state index in [4.69, 9.17) is 19.2 Å². The van der Waals surface area contributed by atoms with Crippen LogP contribution in [-0.2, 0) is 4.57 Å². The van der Waals surface area contributed by atoms with E-state index in [9.17, 15) is 0 Å². The fourth-order valence-corrected chi connectivity index (χ4v) is 1.82. The monoisotopic (exact) mass is 264 g/mol. The van der Waals surface area contributed by atoms with E-state index in [1.807, 2.05) is 0 Å². The van der Waals surface area contributed by atoms with E-state index in [2.05, 4.69) is 12.2 Å². The van der Waals surface area contributed by atoms with Gasteiger partial charge in [-0.25, -0.2) is 4.57 Å². The molecule has 4 nitrogen and oxygen atoms in total. The van der Waals surface area contributed by atoms with Gasteiger partial charge in [-0.3, -0.25) is 0 Å². The van der Waals surface area contributed by atoms with Crippen LogP contribution < -0.4 is 0 Å². The van der Waals surface area contributed by atoms with Crippen LogP contribution in [0.15, 0.2) is 12.2 Å². The number of hydrogen-bond donors (Lipinski definition) is 3. The van der Waals surface area contributed by atoms with Crippen molar-refractivity contribution in [1.29, 1.82) is 0 Å². The molecule has 0 saturated carbocycles. The zero-order valence-corrected chi connectivity index (χ0v) is 11.3. The third-order valence-corrected chi connectivity index (χ3v) is 2.66. The maximum Gasteiger partial charge on any atom is 0.466 e. The van der Waals surface area contributed by atoms with Gasteiger partial charge in [-0.05, 0) is 25.7 Å². The van der Waals surface area contributed by atoms with E-state index >= 15 is 0 Å². The molecule has 0 aromatic heterocycles. The molecule has 0 bridgehead atoms. The molecule has 17 heavy (non-hydrogen) atoms. The normalized spacial score (nSPS) is 19.5. The van der Waals surface area contributed by atoms with Gasteiger partial charge in [-0.2, -0.15) is 0 Å². The lowest BCUT2D eigenvalue weighted by atomic mass is 10.0. The Balaban J connectivity index is 0.000000437. The molecule has 1 rings (SSSR count). The third-order valence-electron chi connectivity index (χ3n) is 2.66. The van der Waals surface area contributed by atoms with Crippen molar-refractivity contribution in [2.45, 2.75) is 64.2 Å². The summed E-state index contributed by atoms with van der Waals surface area (Å²) in [5.41, 5.74) is 0. The molecule has 3 N–H and O–H groups in total. The van der Waals surface area contributed by atoms with Gasteiger partial charge < -0.3 is 14.7 Å². The number of hydrogen-bond acceptors (Lipinski definition) is 1. The van der Waals surface area contributed by atoms with Gasteiger partial charge in [0.1, 0.15) is 0 Å². The van der Waals surface area contributed by atoms with E-state index in [1.54, 1.807) is 0 Å². The van der Waals surface area contributed by atoms with Crippen molar-refractivity contribution in [3.05, 3.63) is 12.2 Å². The Kier molecular flexibility index (Phi) is 10.9. The molecule has 0 fully saturated rings. The molecule has 0 unspecified atom stereocenters. The summed E-state index contributed by atoms with van der Waals surface area (Å²) >= 11 is 0. The molecule has 1 aliphatic rings. The highest BCUT2D eigenvalue weighted by molar-refractivity contribution is 7.45. The number of allylic oxidation sites excluding steroid dienone is 2. The van der Waals surface area contributed by atoms with Crippen molar-refractivity contribution >= 4 is 7.82 Å². The maximum absolute atomic E-state index is 8.88. The quantitative estimate of drug-likeness (QED) is 0.462. The lowest BCUT2D eigenvalue weighted by Gasteiger charge is -2.02. The van der Waals surface area contributed by atoms with Crippen LogP contribution in [0.2, 0.25) is 0 Å². The fourth-order valence-electron chi connectivity index (χ4n) is 1.82. The second kappa shape index (κ2) is 11.0. The van der Waals surface area contributed by atoms with Crippen LogP contribution in [0.4, 0.5) is 0 Å². The molecule has 102 valence electrons. The summed E-state index contributed by atoms with van der Waals surface area (Å²) in [6.07, 6.45) is 19.0. The summed E-state index contributed by atoms with van der Waals surface area (Å²) in [6.45, 7) is 0. The molecule has 0 radical (unpaired) electrons. The average molecular weight is 264 g/mol. The molecular weight excluding hydrogens is 239 g/mol. The standard InChI is InChI=1S/C12H22.H3O4P/c1-2-4-6-8-10-12-11-9-7-5-3-1;1-5(2,3)4/h1-2H,3-12H2;(H3,1,2,3,4). The molecule has 0 aromatic rings. The van der Waals surface area contributed by atoms with Crippen LogP contribution in [0.1, 0.15) is 64.2 Å². The lowest BCUT2D eigenvalue weighted by Crippen LogP contribution is -1.82. The Labute approximate surface area is 104 Å². The van der Waals surface area contributed by atoms with Crippen LogP contribution in [0.25, 0.3) is 0 Å². The first-order valence-electron chi connectivity index (χ1n) is 6.43. The smallest absolute Gasteiger partial charge is 0.303 e. The second-order valence-electron chi connectivity index (χ2n) is 4.39. The van der Waals surface area contributed by atoms with Gasteiger partial charge in [0.15, 0.2) is 0 Å². The van der Waals surface area contributed by atoms with Crippen molar-refractivity contribution < 1.29 is 19.2 Å². The minimum Gasteiger partial charge on any atom is -0.303 e. The fraction of sp³-hybridized carbons (Fsp3) is 0.833. The Morgan fingerprint density at radius 2 is 0.882 bits per heavy atom. The summed E-state index contributed by atoms with van der Waals surface area (Å²) < 4.78 is 8.88. The molecule has 0 spiro atoms. The Morgan fingerprint density at radius 3 is 1.18 bits per heavy atom. The van der Waals surface area contributed by atoms with E-state index in [0.717, 1.165) is 0 Å². The first kappa shape index (κ1) is 16.9. The van der Waals surface area contributed by atoms with Gasteiger partial charge in [0.25, 0.3) is 0 Å². The Bertz CT molecular complexity index is 212. The zero-order valence-electron chi connectivity index (χ0n) is 10.4. The highest BCUT2D eigenvalue weighted by atomic mass is 31.2. The summed E-state index contributed by atoms with van der Waals surface area (Å²) in [6, 6.07) is 0. The largest absolute Gasteiger partial charge is 0.466 e. The predicted molar refractivity (Wildman–Crippen MR) is 69.6 cm³/mol. The van der Waals surface area contributed by atoms with E-state index in [-0.39, 0.29) is 0 Å². The van der Waals surface area contributed by atoms with Crippen molar-refractivity contribution in [1.82, 2.24) is 0 Å². The van der Waals surface area contributed by atoms with Gasteiger partial charge in [-0.1, -0.05) is 50.7 Å². The van der Waals surface area contributed by atoms with Crippen molar-refractivity contribution in [2.24, 2.45) is 0 Å². The van der Waals surface area contributed by atoms with Crippen molar-refractivity contribution in [3.63, 3.8) is 0 Å². The average Bonchev–Trinajstić information content (AvgIpc) is 2.15. The molecule has 5 heteroatoms. The molecular formula is C12H25O4P. The number of phosphoric acid groups is 1. The van der Waals surface area contributed by atoms with Crippen LogP contribution in [0.5, 0.6) is 0 Å². The Hall–Kier alpha value is -0.150. The minimum absolute atomic E-state index is 1.32. The van der Waals surface area contributed by atoms with Crippen molar-refractivity contribution in [3.8, 4) is 0 Å². The van der Waals surface area contributed by atoms with Crippen LogP contribution in [0.3, 0.4) is 0 Å². The van der Waals surface area contributed by atoms with E-state index in [0.29, 0.717) is 0 Å². The minimum atomic E-state index is -4.64. The molecule has 0 heterocycles. The van der Waals surface area contributed by atoms with Crippen LogP contribution in [0, 0.1) is 0 Å². The predicted octanol–water partition coefficient (Wildman–Crippen LogP) is 3.53. The summed E-state index contributed by atoms with van der Waals surface area (Å²) in [4.78, 5) is 21.6. The Morgan fingerprint density at radius 1 is 0.647 bits per heavy atom. The zero-order chi connectivity index (χ0) is 13.0. The van der Waals surface area contributed by atoms with Crippen molar-refractivity contribution in [2.75, 3.05) is 0 Å². The molecule has 0 aliphatic heterocycles. The number of rotatable bonds is 0. The van der Waals surface area contributed by atoms with Gasteiger partial charge in [0.2, 0.25) is 0 Å². The summed E-state index contributed by atoms with van der Waals surface area (Å²) in [7, 11) is -4.64. The highest BCUT2D eigenvalue weighted by Gasteiger charge is 2.00. The van der Waals surface area contributed by atoms with Gasteiger partial charge in [0, 0.05) is 0 Å². The van der Waals surface area contributed by atoms with Crippen LogP contribution >= 0.6 is 7.82 Å².